The standard InChI is InChI=1S/C19H22F2N2O/c20-14-3-4-18(21)17(12-14)19(7-8-19)22-15-5-9-23(10-6-15)13-16-2-1-11-24-16/h1-4,11-12,15,22H,5-10,13H2. The summed E-state index contributed by atoms with van der Waals surface area (Å²) < 4.78 is 33.0. The van der Waals surface area contributed by atoms with Crippen LogP contribution in [0.3, 0.4) is 0 Å². The molecule has 3 nitrogen and oxygen atoms in total. The molecule has 0 bridgehead atoms. The predicted octanol–water partition coefficient (Wildman–Crippen LogP) is 3.80. The molecule has 1 N–H and O–H groups in total. The third-order valence-electron chi connectivity index (χ3n) is 5.22. The normalized spacial score (nSPS) is 21.1. The van der Waals surface area contributed by atoms with Crippen LogP contribution in [0.4, 0.5) is 8.78 Å². The quantitative estimate of drug-likeness (QED) is 0.903. The van der Waals surface area contributed by atoms with Crippen molar-refractivity contribution in [1.82, 2.24) is 10.2 Å². The molecule has 24 heavy (non-hydrogen) atoms. The highest BCUT2D eigenvalue weighted by Crippen LogP contribution is 2.47. The predicted molar refractivity (Wildman–Crippen MR) is 87.4 cm³/mol. The largest absolute Gasteiger partial charge is 0.468 e. The molecule has 2 aliphatic rings. The summed E-state index contributed by atoms with van der Waals surface area (Å²) in [6.45, 7) is 2.81. The second-order valence-corrected chi connectivity index (χ2v) is 6.98. The highest BCUT2D eigenvalue weighted by atomic mass is 19.1. The van der Waals surface area contributed by atoms with Crippen molar-refractivity contribution in [2.75, 3.05) is 13.1 Å². The summed E-state index contributed by atoms with van der Waals surface area (Å²) in [7, 11) is 0. The van der Waals surface area contributed by atoms with Crippen LogP contribution < -0.4 is 5.32 Å². The van der Waals surface area contributed by atoms with E-state index in [0.717, 1.165) is 51.1 Å². The number of piperidine rings is 1. The van der Waals surface area contributed by atoms with Gasteiger partial charge >= 0.3 is 0 Å². The molecule has 0 amide bonds. The van der Waals surface area contributed by atoms with Crippen LogP contribution in [-0.4, -0.2) is 24.0 Å². The number of nitrogens with one attached hydrogen (secondary N) is 1. The summed E-state index contributed by atoms with van der Waals surface area (Å²) in [5, 5.41) is 3.61. The molecule has 1 aromatic heterocycles. The number of benzene rings is 1. The number of rotatable bonds is 5. The van der Waals surface area contributed by atoms with Gasteiger partial charge in [-0.1, -0.05) is 0 Å². The van der Waals surface area contributed by atoms with Gasteiger partial charge in [0.1, 0.15) is 17.4 Å². The van der Waals surface area contributed by atoms with E-state index in [0.29, 0.717) is 11.6 Å². The molecule has 128 valence electrons. The first-order valence-electron chi connectivity index (χ1n) is 8.63. The van der Waals surface area contributed by atoms with Gasteiger partial charge in [-0.15, -0.1) is 0 Å². The first-order valence-corrected chi connectivity index (χ1v) is 8.63. The monoisotopic (exact) mass is 332 g/mol. The molecule has 1 aliphatic carbocycles. The van der Waals surface area contributed by atoms with Gasteiger partial charge in [-0.3, -0.25) is 4.90 Å². The molecular formula is C19H22F2N2O. The molecule has 4 rings (SSSR count). The maximum Gasteiger partial charge on any atom is 0.128 e. The summed E-state index contributed by atoms with van der Waals surface area (Å²) in [5.74, 6) is 0.311. The van der Waals surface area contributed by atoms with Crippen LogP contribution >= 0.6 is 0 Å². The Labute approximate surface area is 140 Å². The lowest BCUT2D eigenvalue weighted by Crippen LogP contribution is -2.46. The lowest BCUT2D eigenvalue weighted by molar-refractivity contribution is 0.170. The Balaban J connectivity index is 1.36. The van der Waals surface area contributed by atoms with Gasteiger partial charge in [0.15, 0.2) is 0 Å². The Morgan fingerprint density at radius 1 is 1.17 bits per heavy atom. The van der Waals surface area contributed by atoms with E-state index in [2.05, 4.69) is 10.2 Å². The van der Waals surface area contributed by atoms with Crippen molar-refractivity contribution in [2.24, 2.45) is 0 Å². The fourth-order valence-electron chi connectivity index (χ4n) is 3.73. The fraction of sp³-hybridized carbons (Fsp3) is 0.474. The number of hydrogen-bond acceptors (Lipinski definition) is 3. The molecule has 2 heterocycles. The molecule has 1 saturated heterocycles. The molecule has 0 radical (unpaired) electrons. The maximum absolute atomic E-state index is 14.1. The van der Waals surface area contributed by atoms with E-state index in [1.54, 1.807) is 6.26 Å². The van der Waals surface area contributed by atoms with Crippen LogP contribution in [0.15, 0.2) is 41.0 Å². The zero-order valence-electron chi connectivity index (χ0n) is 13.6. The summed E-state index contributed by atoms with van der Waals surface area (Å²) >= 11 is 0. The third kappa shape index (κ3) is 3.23. The molecule has 2 aromatic rings. The second kappa shape index (κ2) is 6.30. The number of furan rings is 1. The minimum absolute atomic E-state index is 0.309. The average Bonchev–Trinajstić information content (AvgIpc) is 3.17. The molecule has 1 aliphatic heterocycles. The van der Waals surface area contributed by atoms with Gasteiger partial charge in [0.05, 0.1) is 12.8 Å². The molecule has 0 unspecified atom stereocenters. The fourth-order valence-corrected chi connectivity index (χ4v) is 3.73. The minimum Gasteiger partial charge on any atom is -0.468 e. The van der Waals surface area contributed by atoms with Crippen molar-refractivity contribution >= 4 is 0 Å². The van der Waals surface area contributed by atoms with Gasteiger partial charge in [0, 0.05) is 30.2 Å². The van der Waals surface area contributed by atoms with E-state index in [9.17, 15) is 8.78 Å². The van der Waals surface area contributed by atoms with Crippen molar-refractivity contribution in [3.05, 3.63) is 59.6 Å². The smallest absolute Gasteiger partial charge is 0.128 e. The number of hydrogen-bond donors (Lipinski definition) is 1. The van der Waals surface area contributed by atoms with E-state index in [-0.39, 0.29) is 17.2 Å². The molecule has 0 atom stereocenters. The van der Waals surface area contributed by atoms with Gasteiger partial charge in [-0.25, -0.2) is 8.78 Å². The minimum atomic E-state index is -0.368. The van der Waals surface area contributed by atoms with Crippen molar-refractivity contribution in [3.8, 4) is 0 Å². The highest BCUT2D eigenvalue weighted by Gasteiger charge is 2.47. The van der Waals surface area contributed by atoms with E-state index in [1.165, 1.54) is 18.2 Å². The van der Waals surface area contributed by atoms with Crippen LogP contribution in [0.1, 0.15) is 37.0 Å². The molecular weight excluding hydrogens is 310 g/mol. The zero-order valence-corrected chi connectivity index (χ0v) is 13.6. The SMILES string of the molecule is Fc1ccc(F)c(C2(NC3CCN(Cc4ccco4)CC3)CC2)c1. The Hall–Kier alpha value is -1.72. The van der Waals surface area contributed by atoms with Gasteiger partial charge < -0.3 is 9.73 Å². The first-order chi connectivity index (χ1) is 11.6. The lowest BCUT2D eigenvalue weighted by atomic mass is 9.98. The Morgan fingerprint density at radius 2 is 1.96 bits per heavy atom. The Bertz CT molecular complexity index is 689. The lowest BCUT2D eigenvalue weighted by Gasteiger charge is -2.34. The number of halogens is 2. The van der Waals surface area contributed by atoms with Crippen LogP contribution in [0.2, 0.25) is 0 Å². The Morgan fingerprint density at radius 3 is 2.62 bits per heavy atom. The molecule has 1 saturated carbocycles. The number of likely N-dealkylation sites (tertiary alicyclic amines) is 1. The van der Waals surface area contributed by atoms with Crippen molar-refractivity contribution in [2.45, 2.75) is 43.8 Å². The van der Waals surface area contributed by atoms with Crippen molar-refractivity contribution in [1.29, 1.82) is 0 Å². The summed E-state index contributed by atoms with van der Waals surface area (Å²) in [4.78, 5) is 2.37. The average molecular weight is 332 g/mol. The first kappa shape index (κ1) is 15.8. The van der Waals surface area contributed by atoms with E-state index in [4.69, 9.17) is 4.42 Å². The second-order valence-electron chi connectivity index (χ2n) is 6.98. The van der Waals surface area contributed by atoms with Gasteiger partial charge in [0.25, 0.3) is 0 Å². The van der Waals surface area contributed by atoms with Gasteiger partial charge in [-0.2, -0.15) is 0 Å². The Kier molecular flexibility index (Phi) is 4.14. The van der Waals surface area contributed by atoms with Crippen molar-refractivity contribution in [3.63, 3.8) is 0 Å². The third-order valence-corrected chi connectivity index (χ3v) is 5.22. The van der Waals surface area contributed by atoms with Crippen LogP contribution in [0.25, 0.3) is 0 Å². The van der Waals surface area contributed by atoms with Gasteiger partial charge in [-0.05, 0) is 56.0 Å². The van der Waals surface area contributed by atoms with Crippen LogP contribution in [0.5, 0.6) is 0 Å². The van der Waals surface area contributed by atoms with Crippen LogP contribution in [0, 0.1) is 11.6 Å². The topological polar surface area (TPSA) is 28.4 Å². The van der Waals surface area contributed by atoms with E-state index in [1.807, 2.05) is 12.1 Å². The molecule has 5 heteroatoms. The van der Waals surface area contributed by atoms with Crippen molar-refractivity contribution < 1.29 is 13.2 Å². The molecule has 1 aromatic carbocycles. The van der Waals surface area contributed by atoms with Crippen LogP contribution in [-0.2, 0) is 12.1 Å². The van der Waals surface area contributed by atoms with Gasteiger partial charge in [0.2, 0.25) is 0 Å². The summed E-state index contributed by atoms with van der Waals surface area (Å²) in [5.41, 5.74) is 0.126. The zero-order chi connectivity index (χ0) is 16.6. The molecule has 0 spiro atoms. The highest BCUT2D eigenvalue weighted by molar-refractivity contribution is 5.32. The number of nitrogens with zero attached hydrogens (tertiary/aromatic N) is 1. The van der Waals surface area contributed by atoms with E-state index >= 15 is 0 Å². The van der Waals surface area contributed by atoms with E-state index < -0.39 is 0 Å². The molecule has 2 fully saturated rings. The summed E-state index contributed by atoms with van der Waals surface area (Å²) in [6, 6.07) is 8.02. The maximum atomic E-state index is 14.1. The summed E-state index contributed by atoms with van der Waals surface area (Å²) in [6.07, 6.45) is 5.48.